The van der Waals surface area contributed by atoms with Gasteiger partial charge in [0.1, 0.15) is 5.41 Å². The number of benzene rings is 4. The summed E-state index contributed by atoms with van der Waals surface area (Å²) in [5.41, 5.74) is -5.12. The molecule has 0 saturated carbocycles. The molecular formula is C39H27F3N2O9. The number of ketones is 3. The van der Waals surface area contributed by atoms with Crippen LogP contribution in [0, 0.1) is 0 Å². The van der Waals surface area contributed by atoms with E-state index in [0.29, 0.717) is 4.90 Å². The molecule has 0 fully saturated rings. The number of rotatable bonds is 9. The Hall–Kier alpha value is -6.57. The molecule has 0 radical (unpaired) electrons. The molecule has 268 valence electrons. The number of carboxylic acid groups (broad SMARTS) is 1. The average molecular weight is 725 g/mol. The molecule has 0 bridgehead atoms. The van der Waals surface area contributed by atoms with Gasteiger partial charge in [0.2, 0.25) is 0 Å². The molecule has 2 aliphatic heterocycles. The minimum Gasteiger partial charge on any atom is -0.478 e. The van der Waals surface area contributed by atoms with Crippen LogP contribution in [0.2, 0.25) is 0 Å². The summed E-state index contributed by atoms with van der Waals surface area (Å²) in [5, 5.41) is 9.85. The van der Waals surface area contributed by atoms with Crippen molar-refractivity contribution >= 4 is 52.6 Å². The molecule has 0 spiro atoms. The lowest BCUT2D eigenvalue weighted by atomic mass is 9.74. The van der Waals surface area contributed by atoms with Crippen LogP contribution in [0.15, 0.2) is 72.8 Å². The first kappa shape index (κ1) is 36.2. The Morgan fingerprint density at radius 3 is 1.60 bits per heavy atom. The maximum Gasteiger partial charge on any atom is 0.402 e. The lowest BCUT2D eigenvalue weighted by molar-refractivity contribution is -0.173. The Balaban J connectivity index is 1.39. The number of amides is 4. The van der Waals surface area contributed by atoms with E-state index in [0.717, 1.165) is 60.4 Å². The second-order valence-electron chi connectivity index (χ2n) is 13.0. The summed E-state index contributed by atoms with van der Waals surface area (Å²) in [6, 6.07) is 13.4. The lowest BCUT2D eigenvalue weighted by Gasteiger charge is -2.33. The Kier molecular flexibility index (Phi) is 8.60. The van der Waals surface area contributed by atoms with Gasteiger partial charge in [0.15, 0.2) is 17.3 Å². The first-order valence-electron chi connectivity index (χ1n) is 15.9. The van der Waals surface area contributed by atoms with Gasteiger partial charge >= 0.3 is 12.1 Å². The summed E-state index contributed by atoms with van der Waals surface area (Å²) in [6.07, 6.45) is -5.49. The molecule has 2 heterocycles. The maximum atomic E-state index is 15.0. The molecule has 11 nitrogen and oxygen atoms in total. The van der Waals surface area contributed by atoms with Crippen LogP contribution in [0.3, 0.4) is 0 Å². The van der Waals surface area contributed by atoms with Crippen LogP contribution in [0.1, 0.15) is 120 Å². The van der Waals surface area contributed by atoms with Crippen LogP contribution in [0.5, 0.6) is 0 Å². The van der Waals surface area contributed by atoms with E-state index in [4.69, 9.17) is 0 Å². The molecule has 6 rings (SSSR count). The van der Waals surface area contributed by atoms with Gasteiger partial charge in [0, 0.05) is 30.2 Å². The fourth-order valence-corrected chi connectivity index (χ4v) is 6.46. The molecule has 1 atom stereocenters. The third kappa shape index (κ3) is 5.91. The van der Waals surface area contributed by atoms with Gasteiger partial charge in [-0.1, -0.05) is 12.1 Å². The van der Waals surface area contributed by atoms with Gasteiger partial charge < -0.3 is 5.11 Å². The van der Waals surface area contributed by atoms with Gasteiger partial charge in [-0.15, -0.1) is 0 Å². The number of hydrogen-bond acceptors (Lipinski definition) is 8. The Labute approximate surface area is 298 Å². The number of fused-ring (bicyclic) bond motifs is 2. The minimum absolute atomic E-state index is 0.0162. The summed E-state index contributed by atoms with van der Waals surface area (Å²) in [5.74, 6) is -6.39. The standard InChI is InChI=1S/C39H27F3N2O9/c1-18(45)21-12-22(19(2)46)14-23(13-21)32(47)11-20-9-24(37(52)53)15-27(10-20)44-35(50)29-8-6-26(17-31(29)36(44)51)38(3,39(40,41)42)25-5-7-28-30(16-25)34(49)43(4)33(28)48/h5-10,12-17H,11H2,1-4H3,(H,52,53). The molecule has 4 aromatic carbocycles. The molecular weight excluding hydrogens is 697 g/mol. The van der Waals surface area contributed by atoms with Crippen LogP contribution in [0.4, 0.5) is 18.9 Å². The van der Waals surface area contributed by atoms with E-state index in [1.54, 1.807) is 0 Å². The van der Waals surface area contributed by atoms with E-state index in [9.17, 15) is 43.5 Å². The monoisotopic (exact) mass is 724 g/mol. The molecule has 14 heteroatoms. The number of nitrogens with zero attached hydrogens (tertiary/aromatic N) is 2. The Bertz CT molecular complexity index is 2370. The number of carbonyl (C=O) groups excluding carboxylic acids is 7. The van der Waals surface area contributed by atoms with Crippen molar-refractivity contribution in [2.75, 3.05) is 11.9 Å². The summed E-state index contributed by atoms with van der Waals surface area (Å²) in [7, 11) is 1.20. The predicted octanol–water partition coefficient (Wildman–Crippen LogP) is 6.11. The number of aromatic carboxylic acids is 1. The molecule has 1 N–H and O–H groups in total. The fraction of sp³-hybridized carbons (Fsp3) is 0.179. The second kappa shape index (κ2) is 12.6. The number of alkyl halides is 3. The second-order valence-corrected chi connectivity index (χ2v) is 13.0. The van der Waals surface area contributed by atoms with Crippen molar-refractivity contribution in [3.8, 4) is 0 Å². The molecule has 2 aliphatic rings. The molecule has 1 unspecified atom stereocenters. The van der Waals surface area contributed by atoms with Crippen molar-refractivity contribution in [2.24, 2.45) is 0 Å². The van der Waals surface area contributed by atoms with Crippen molar-refractivity contribution in [1.29, 1.82) is 0 Å². The van der Waals surface area contributed by atoms with Crippen LogP contribution in [-0.2, 0) is 11.8 Å². The zero-order valence-corrected chi connectivity index (χ0v) is 28.4. The SMILES string of the molecule is CC(=O)c1cc(C(C)=O)cc(C(=O)Cc2cc(C(=O)O)cc(N3C(=O)c4ccc(C(C)(c5ccc6c(c5)C(=O)N(C)C6=O)C(F)(F)F)cc4C3=O)c2)c1. The lowest BCUT2D eigenvalue weighted by Crippen LogP contribution is -2.41. The molecule has 0 aliphatic carbocycles. The largest absolute Gasteiger partial charge is 0.478 e. The normalized spacial score (nSPS) is 15.0. The maximum absolute atomic E-state index is 15.0. The number of Topliss-reactive ketones (excluding diaryl/α,β-unsaturated/α-hetero) is 3. The van der Waals surface area contributed by atoms with E-state index in [1.165, 1.54) is 45.2 Å². The summed E-state index contributed by atoms with van der Waals surface area (Å²) < 4.78 is 45.1. The summed E-state index contributed by atoms with van der Waals surface area (Å²) >= 11 is 0. The van der Waals surface area contributed by atoms with Gasteiger partial charge in [0.05, 0.1) is 33.5 Å². The highest BCUT2D eigenvalue weighted by atomic mass is 19.4. The van der Waals surface area contributed by atoms with Crippen molar-refractivity contribution < 1.29 is 56.6 Å². The van der Waals surface area contributed by atoms with Gasteiger partial charge in [-0.25, -0.2) is 9.69 Å². The number of imide groups is 2. The van der Waals surface area contributed by atoms with E-state index >= 15 is 13.2 Å². The third-order valence-corrected chi connectivity index (χ3v) is 9.61. The number of carboxylic acids is 1. The predicted molar refractivity (Wildman–Crippen MR) is 181 cm³/mol. The number of anilines is 1. The highest BCUT2D eigenvalue weighted by Crippen LogP contribution is 2.48. The van der Waals surface area contributed by atoms with Crippen molar-refractivity contribution in [3.63, 3.8) is 0 Å². The molecule has 0 aromatic heterocycles. The van der Waals surface area contributed by atoms with Crippen molar-refractivity contribution in [3.05, 3.63) is 134 Å². The van der Waals surface area contributed by atoms with Gasteiger partial charge in [-0.3, -0.25) is 38.5 Å². The number of halogens is 3. The van der Waals surface area contributed by atoms with Crippen LogP contribution in [0.25, 0.3) is 0 Å². The zero-order valence-electron chi connectivity index (χ0n) is 28.4. The quantitative estimate of drug-likeness (QED) is 0.159. The molecule has 53 heavy (non-hydrogen) atoms. The van der Waals surface area contributed by atoms with Crippen LogP contribution < -0.4 is 4.90 Å². The summed E-state index contributed by atoms with van der Waals surface area (Å²) in [4.78, 5) is 103. The first-order chi connectivity index (χ1) is 24.7. The molecule has 4 amide bonds. The highest BCUT2D eigenvalue weighted by molar-refractivity contribution is 6.34. The van der Waals surface area contributed by atoms with Crippen LogP contribution in [-0.4, -0.2) is 70.2 Å². The summed E-state index contributed by atoms with van der Waals surface area (Å²) in [6.45, 7) is 3.34. The van der Waals surface area contributed by atoms with Gasteiger partial charge in [-0.2, -0.15) is 13.2 Å². The minimum atomic E-state index is -5.01. The van der Waals surface area contributed by atoms with Crippen molar-refractivity contribution in [2.45, 2.75) is 38.8 Å². The number of hydrogen-bond donors (Lipinski definition) is 1. The Morgan fingerprint density at radius 1 is 0.623 bits per heavy atom. The molecule has 0 saturated heterocycles. The average Bonchev–Trinajstić information content (AvgIpc) is 3.49. The van der Waals surface area contributed by atoms with E-state index in [-0.39, 0.29) is 44.6 Å². The fourth-order valence-electron chi connectivity index (χ4n) is 6.46. The first-order valence-corrected chi connectivity index (χ1v) is 15.9. The van der Waals surface area contributed by atoms with Gasteiger partial charge in [-0.05, 0) is 98.1 Å². The van der Waals surface area contributed by atoms with Crippen LogP contribution >= 0.6 is 0 Å². The van der Waals surface area contributed by atoms with E-state index < -0.39 is 87.2 Å². The van der Waals surface area contributed by atoms with Gasteiger partial charge in [0.25, 0.3) is 23.6 Å². The zero-order chi connectivity index (χ0) is 38.9. The van der Waals surface area contributed by atoms with Crippen molar-refractivity contribution in [1.82, 2.24) is 4.90 Å². The highest BCUT2D eigenvalue weighted by Gasteiger charge is 2.55. The smallest absolute Gasteiger partial charge is 0.402 e. The van der Waals surface area contributed by atoms with E-state index in [1.807, 2.05) is 0 Å². The Morgan fingerprint density at radius 2 is 1.09 bits per heavy atom. The topological polar surface area (TPSA) is 163 Å². The third-order valence-electron chi connectivity index (χ3n) is 9.61. The van der Waals surface area contributed by atoms with E-state index in [2.05, 4.69) is 0 Å². The molecule has 4 aromatic rings. The number of carbonyl (C=O) groups is 8.